The molecule has 2 rings (SSSR count). The monoisotopic (exact) mass is 167 g/mol. The molecule has 3 unspecified atom stereocenters. The van der Waals surface area contributed by atoms with Crippen LogP contribution >= 0.6 is 0 Å². The Bertz CT molecular complexity index is 166. The Kier molecular flexibility index (Phi) is 2.16. The maximum Gasteiger partial charge on any atom is 0.0543 e. The van der Waals surface area contributed by atoms with Gasteiger partial charge in [-0.2, -0.15) is 0 Å². The van der Waals surface area contributed by atoms with E-state index < -0.39 is 0 Å². The maximum atomic E-state index is 9.55. The first-order valence-corrected chi connectivity index (χ1v) is 5.20. The van der Waals surface area contributed by atoms with Gasteiger partial charge in [0, 0.05) is 0 Å². The first-order valence-electron chi connectivity index (χ1n) is 5.20. The molecule has 3 atom stereocenters. The Hall–Kier alpha value is -0.0400. The van der Waals surface area contributed by atoms with Crippen molar-refractivity contribution in [2.75, 3.05) is 0 Å². The van der Waals surface area contributed by atoms with Crippen molar-refractivity contribution in [2.45, 2.75) is 51.6 Å². The zero-order chi connectivity index (χ0) is 8.60. The fraction of sp³-hybridized carbons (Fsp3) is 0.909. The highest BCUT2D eigenvalue weighted by molar-refractivity contribution is 4.96. The Morgan fingerprint density at radius 3 is 3.08 bits per heavy atom. The van der Waals surface area contributed by atoms with Crippen LogP contribution < -0.4 is 0 Å². The van der Waals surface area contributed by atoms with Crippen LogP contribution in [0.1, 0.15) is 45.4 Å². The summed E-state index contributed by atoms with van der Waals surface area (Å²) >= 11 is 0. The summed E-state index contributed by atoms with van der Waals surface area (Å²) in [6, 6.07) is 0. The summed E-state index contributed by atoms with van der Waals surface area (Å²) < 4.78 is 0. The van der Waals surface area contributed by atoms with Crippen LogP contribution in [0, 0.1) is 17.8 Å². The van der Waals surface area contributed by atoms with Gasteiger partial charge in [-0.15, -0.1) is 0 Å². The normalized spacial score (nSPS) is 48.5. The van der Waals surface area contributed by atoms with E-state index in [0.29, 0.717) is 5.41 Å². The average Bonchev–Trinajstić information content (AvgIpc) is 2.06. The van der Waals surface area contributed by atoms with E-state index in [1.165, 1.54) is 25.7 Å². The van der Waals surface area contributed by atoms with E-state index in [2.05, 4.69) is 13.3 Å². The summed E-state index contributed by atoms with van der Waals surface area (Å²) in [6.45, 7) is 2.40. The van der Waals surface area contributed by atoms with Gasteiger partial charge in [0.1, 0.15) is 0 Å². The number of rotatable bonds is 0. The maximum absolute atomic E-state index is 9.55. The second-order valence-electron chi connectivity index (χ2n) is 4.85. The summed E-state index contributed by atoms with van der Waals surface area (Å²) in [7, 11) is 0. The van der Waals surface area contributed by atoms with E-state index in [4.69, 9.17) is 0 Å². The van der Waals surface area contributed by atoms with E-state index in [9.17, 15) is 5.11 Å². The molecule has 0 aromatic rings. The fourth-order valence-corrected chi connectivity index (χ4v) is 2.92. The SMILES string of the molecule is CC12C[CH]CCC1CC(O)CC2. The van der Waals surface area contributed by atoms with Crippen LogP contribution in [0.2, 0.25) is 0 Å². The van der Waals surface area contributed by atoms with Gasteiger partial charge < -0.3 is 5.11 Å². The summed E-state index contributed by atoms with van der Waals surface area (Å²) in [4.78, 5) is 0. The fourth-order valence-electron chi connectivity index (χ4n) is 2.92. The Balaban J connectivity index is 2.06. The summed E-state index contributed by atoms with van der Waals surface area (Å²) in [6.07, 6.45) is 9.63. The average molecular weight is 167 g/mol. The summed E-state index contributed by atoms with van der Waals surface area (Å²) in [5.41, 5.74) is 0.539. The van der Waals surface area contributed by atoms with Crippen LogP contribution in [-0.2, 0) is 0 Å². The molecule has 2 saturated carbocycles. The van der Waals surface area contributed by atoms with Crippen molar-refractivity contribution >= 4 is 0 Å². The predicted molar refractivity (Wildman–Crippen MR) is 49.6 cm³/mol. The van der Waals surface area contributed by atoms with Crippen molar-refractivity contribution in [1.29, 1.82) is 0 Å². The molecular weight excluding hydrogens is 148 g/mol. The third-order valence-electron chi connectivity index (χ3n) is 3.92. The lowest BCUT2D eigenvalue weighted by Gasteiger charge is -2.46. The van der Waals surface area contributed by atoms with Crippen molar-refractivity contribution in [2.24, 2.45) is 11.3 Å². The van der Waals surface area contributed by atoms with Gasteiger partial charge in [-0.05, 0) is 56.3 Å². The molecule has 0 saturated heterocycles. The van der Waals surface area contributed by atoms with Crippen molar-refractivity contribution in [3.63, 3.8) is 0 Å². The molecule has 1 nitrogen and oxygen atoms in total. The molecular formula is C11H19O. The van der Waals surface area contributed by atoms with E-state index in [1.54, 1.807) is 0 Å². The van der Waals surface area contributed by atoms with Gasteiger partial charge >= 0.3 is 0 Å². The third kappa shape index (κ3) is 1.39. The molecule has 0 bridgehead atoms. The van der Waals surface area contributed by atoms with Crippen LogP contribution in [0.25, 0.3) is 0 Å². The van der Waals surface area contributed by atoms with Crippen molar-refractivity contribution in [1.82, 2.24) is 0 Å². The Morgan fingerprint density at radius 1 is 1.42 bits per heavy atom. The van der Waals surface area contributed by atoms with Crippen molar-refractivity contribution in [3.05, 3.63) is 6.42 Å². The highest BCUT2D eigenvalue weighted by Gasteiger charge is 2.40. The number of hydrogen-bond donors (Lipinski definition) is 1. The molecule has 0 amide bonds. The zero-order valence-electron chi connectivity index (χ0n) is 7.92. The Labute approximate surface area is 75.2 Å². The molecule has 69 valence electrons. The third-order valence-corrected chi connectivity index (χ3v) is 3.92. The summed E-state index contributed by atoms with van der Waals surface area (Å²) in [5, 5.41) is 9.55. The molecule has 2 fully saturated rings. The van der Waals surface area contributed by atoms with Gasteiger partial charge in [-0.3, -0.25) is 0 Å². The topological polar surface area (TPSA) is 20.2 Å². The summed E-state index contributed by atoms with van der Waals surface area (Å²) in [5.74, 6) is 0.797. The van der Waals surface area contributed by atoms with Gasteiger partial charge in [0.05, 0.1) is 6.10 Å². The van der Waals surface area contributed by atoms with Crippen LogP contribution in [-0.4, -0.2) is 11.2 Å². The molecule has 0 aromatic heterocycles. The lowest BCUT2D eigenvalue weighted by atomic mass is 9.60. The molecule has 2 aliphatic carbocycles. The Morgan fingerprint density at radius 2 is 2.25 bits per heavy atom. The van der Waals surface area contributed by atoms with Gasteiger partial charge in [-0.25, -0.2) is 0 Å². The molecule has 0 heterocycles. The van der Waals surface area contributed by atoms with Gasteiger partial charge in [-0.1, -0.05) is 6.92 Å². The molecule has 0 aliphatic heterocycles. The number of fused-ring (bicyclic) bond motifs is 1. The molecule has 0 spiro atoms. The van der Waals surface area contributed by atoms with Crippen LogP contribution in [0.5, 0.6) is 0 Å². The van der Waals surface area contributed by atoms with Gasteiger partial charge in [0.25, 0.3) is 0 Å². The number of hydrogen-bond acceptors (Lipinski definition) is 1. The van der Waals surface area contributed by atoms with Gasteiger partial charge in [0.15, 0.2) is 0 Å². The van der Waals surface area contributed by atoms with E-state index >= 15 is 0 Å². The molecule has 12 heavy (non-hydrogen) atoms. The second-order valence-corrected chi connectivity index (χ2v) is 4.85. The molecule has 0 aromatic carbocycles. The van der Waals surface area contributed by atoms with Crippen LogP contribution in [0.15, 0.2) is 0 Å². The minimum atomic E-state index is 0.00109. The molecule has 1 heteroatoms. The predicted octanol–water partition coefficient (Wildman–Crippen LogP) is 2.54. The first-order chi connectivity index (χ1) is 5.71. The number of aliphatic hydroxyl groups is 1. The quantitative estimate of drug-likeness (QED) is 0.588. The number of aliphatic hydroxyl groups excluding tert-OH is 1. The minimum absolute atomic E-state index is 0.00109. The van der Waals surface area contributed by atoms with Crippen LogP contribution in [0.3, 0.4) is 0 Å². The standard InChI is InChI=1S/C11H19O/c1-11-6-3-2-4-9(11)8-10(12)5-7-11/h3,9-10,12H,2,4-8H2,1H3. The molecule has 1 N–H and O–H groups in total. The lowest BCUT2D eigenvalue weighted by Crippen LogP contribution is -2.38. The largest absolute Gasteiger partial charge is 0.393 e. The zero-order valence-corrected chi connectivity index (χ0v) is 7.92. The van der Waals surface area contributed by atoms with E-state index in [0.717, 1.165) is 18.8 Å². The highest BCUT2D eigenvalue weighted by atomic mass is 16.3. The van der Waals surface area contributed by atoms with Crippen molar-refractivity contribution < 1.29 is 5.11 Å². The first kappa shape index (κ1) is 8.55. The molecule has 1 radical (unpaired) electrons. The lowest BCUT2D eigenvalue weighted by molar-refractivity contribution is 0.00351. The second kappa shape index (κ2) is 3.02. The van der Waals surface area contributed by atoms with E-state index in [1.807, 2.05) is 0 Å². The van der Waals surface area contributed by atoms with Crippen molar-refractivity contribution in [3.8, 4) is 0 Å². The smallest absolute Gasteiger partial charge is 0.0543 e. The van der Waals surface area contributed by atoms with E-state index in [-0.39, 0.29) is 6.10 Å². The molecule has 2 aliphatic rings. The van der Waals surface area contributed by atoms with Gasteiger partial charge in [0.2, 0.25) is 0 Å². The van der Waals surface area contributed by atoms with Crippen LogP contribution in [0.4, 0.5) is 0 Å². The minimum Gasteiger partial charge on any atom is -0.393 e. The highest BCUT2D eigenvalue weighted by Crippen LogP contribution is 2.49.